The normalized spacial score (nSPS) is 11.0. The third-order valence-corrected chi connectivity index (χ3v) is 4.23. The molecule has 0 amide bonds. The van der Waals surface area contributed by atoms with Crippen molar-refractivity contribution in [3.8, 4) is 5.75 Å². The van der Waals surface area contributed by atoms with E-state index in [9.17, 15) is 5.11 Å². The van der Waals surface area contributed by atoms with Gasteiger partial charge in [-0.25, -0.2) is 0 Å². The molecule has 0 heterocycles. The number of rotatable bonds is 4. The van der Waals surface area contributed by atoms with Gasteiger partial charge in [0, 0.05) is 21.3 Å². The number of benzene rings is 3. The lowest BCUT2D eigenvalue weighted by Crippen LogP contribution is -2.25. The summed E-state index contributed by atoms with van der Waals surface area (Å²) in [5, 5.41) is 17.5. The van der Waals surface area contributed by atoms with Crippen LogP contribution in [0.3, 0.4) is 0 Å². The van der Waals surface area contributed by atoms with Gasteiger partial charge in [0.05, 0.1) is 5.71 Å². The molecule has 0 bridgehead atoms. The summed E-state index contributed by atoms with van der Waals surface area (Å²) in [7, 11) is 0. The molecule has 0 fully saturated rings. The largest absolute Gasteiger partial charge is 0.508 e. The molecule has 26 heavy (non-hydrogen) atoms. The summed E-state index contributed by atoms with van der Waals surface area (Å²) in [6.07, 6.45) is 0. The monoisotopic (exact) mass is 425 g/mol. The van der Waals surface area contributed by atoms with E-state index in [1.54, 1.807) is 12.1 Å². The molecule has 0 radical (unpaired) electrons. The first-order valence-electron chi connectivity index (χ1n) is 7.87. The van der Waals surface area contributed by atoms with Crippen molar-refractivity contribution in [1.29, 1.82) is 0 Å². The molecule has 3 N–H and O–H groups in total. The van der Waals surface area contributed by atoms with Crippen molar-refractivity contribution < 1.29 is 5.11 Å². The van der Waals surface area contributed by atoms with Crippen molar-refractivity contribution in [2.75, 3.05) is 5.32 Å². The van der Waals surface area contributed by atoms with Crippen LogP contribution in [0.15, 0.2) is 88.4 Å². The fourth-order valence-electron chi connectivity index (χ4n) is 2.34. The van der Waals surface area contributed by atoms with Crippen molar-refractivity contribution >= 4 is 44.7 Å². The van der Waals surface area contributed by atoms with Crippen molar-refractivity contribution in [1.82, 2.24) is 5.43 Å². The minimum atomic E-state index is 0.209. The summed E-state index contributed by atoms with van der Waals surface area (Å²) < 4.78 is 0.961. The van der Waals surface area contributed by atoms with Crippen LogP contribution in [0.4, 0.5) is 5.69 Å². The van der Waals surface area contributed by atoms with E-state index in [1.807, 2.05) is 66.7 Å². The molecule has 4 nitrogen and oxygen atoms in total. The maximum Gasteiger partial charge on any atom is 0.191 e. The quantitative estimate of drug-likeness (QED) is 0.316. The second-order valence-electron chi connectivity index (χ2n) is 5.45. The molecule has 0 saturated heterocycles. The van der Waals surface area contributed by atoms with Crippen LogP contribution in [0.1, 0.15) is 11.1 Å². The second-order valence-corrected chi connectivity index (χ2v) is 6.77. The SMILES string of the molecule is Oc1ccc(/C(=N/NC(=S)Nc2cccc(Br)c2)c2ccccc2)cc1. The van der Waals surface area contributed by atoms with Crippen LogP contribution in [0.5, 0.6) is 5.75 Å². The smallest absolute Gasteiger partial charge is 0.191 e. The minimum Gasteiger partial charge on any atom is -0.508 e. The number of thiocarbonyl (C=S) groups is 1. The molecule has 0 aliphatic heterocycles. The van der Waals surface area contributed by atoms with E-state index >= 15 is 0 Å². The van der Waals surface area contributed by atoms with E-state index in [1.165, 1.54) is 0 Å². The predicted octanol–water partition coefficient (Wildman–Crippen LogP) is 4.89. The van der Waals surface area contributed by atoms with Crippen molar-refractivity contribution in [2.24, 2.45) is 5.10 Å². The van der Waals surface area contributed by atoms with E-state index in [4.69, 9.17) is 12.2 Å². The van der Waals surface area contributed by atoms with Gasteiger partial charge in [0.2, 0.25) is 0 Å². The van der Waals surface area contributed by atoms with Crippen LogP contribution < -0.4 is 10.7 Å². The Hall–Kier alpha value is -2.70. The number of phenols is 1. The molecule has 3 aromatic rings. The second kappa shape index (κ2) is 8.60. The highest BCUT2D eigenvalue weighted by Crippen LogP contribution is 2.16. The van der Waals surface area contributed by atoms with E-state index < -0.39 is 0 Å². The summed E-state index contributed by atoms with van der Waals surface area (Å²) in [6.45, 7) is 0. The standard InChI is InChI=1S/C20H16BrN3OS/c21-16-7-4-8-17(13-16)22-20(26)24-23-19(14-5-2-1-3-6-14)15-9-11-18(25)12-10-15/h1-13,25H,(H2,22,24,26)/b23-19+. The number of hydrazone groups is 1. The van der Waals surface area contributed by atoms with Crippen molar-refractivity contribution in [2.45, 2.75) is 0 Å². The third-order valence-electron chi connectivity index (χ3n) is 3.54. The van der Waals surface area contributed by atoms with Gasteiger partial charge in [-0.05, 0) is 54.7 Å². The Kier molecular flexibility index (Phi) is 5.99. The Morgan fingerprint density at radius 3 is 2.27 bits per heavy atom. The molecule has 0 atom stereocenters. The Labute approximate surface area is 165 Å². The molecule has 0 spiro atoms. The highest BCUT2D eigenvalue weighted by atomic mass is 79.9. The van der Waals surface area contributed by atoms with Gasteiger partial charge in [0.1, 0.15) is 5.75 Å². The molecule has 6 heteroatoms. The van der Waals surface area contributed by atoms with E-state index in [-0.39, 0.29) is 5.75 Å². The lowest BCUT2D eigenvalue weighted by atomic mass is 10.0. The zero-order valence-electron chi connectivity index (χ0n) is 13.7. The highest BCUT2D eigenvalue weighted by molar-refractivity contribution is 9.10. The van der Waals surface area contributed by atoms with Gasteiger partial charge in [0.15, 0.2) is 5.11 Å². The topological polar surface area (TPSA) is 56.7 Å². The Bertz CT molecular complexity index is 927. The molecule has 0 unspecified atom stereocenters. The first-order chi connectivity index (χ1) is 12.6. The van der Waals surface area contributed by atoms with Gasteiger partial charge in [-0.15, -0.1) is 0 Å². The lowest BCUT2D eigenvalue weighted by molar-refractivity contribution is 0.475. The van der Waals surface area contributed by atoms with Crippen LogP contribution in [0.2, 0.25) is 0 Å². The van der Waals surface area contributed by atoms with Crippen LogP contribution in [0.25, 0.3) is 0 Å². The number of nitrogens with one attached hydrogen (secondary N) is 2. The number of anilines is 1. The fourth-order valence-corrected chi connectivity index (χ4v) is 2.91. The Balaban J connectivity index is 1.82. The summed E-state index contributed by atoms with van der Waals surface area (Å²) >= 11 is 8.76. The van der Waals surface area contributed by atoms with Crippen LogP contribution in [-0.2, 0) is 0 Å². The summed E-state index contributed by atoms with van der Waals surface area (Å²) in [5.74, 6) is 0.209. The van der Waals surface area contributed by atoms with Gasteiger partial charge >= 0.3 is 0 Å². The fraction of sp³-hybridized carbons (Fsp3) is 0. The number of aromatic hydroxyl groups is 1. The van der Waals surface area contributed by atoms with Crippen LogP contribution in [0, 0.1) is 0 Å². The van der Waals surface area contributed by atoms with Gasteiger partial charge in [-0.3, -0.25) is 5.43 Å². The molecule has 0 aliphatic rings. The summed E-state index contributed by atoms with van der Waals surface area (Å²) in [5.41, 5.74) is 6.29. The van der Waals surface area contributed by atoms with Crippen molar-refractivity contribution in [3.63, 3.8) is 0 Å². The van der Waals surface area contributed by atoms with Gasteiger partial charge in [-0.1, -0.05) is 52.3 Å². The summed E-state index contributed by atoms with van der Waals surface area (Å²) in [6, 6.07) is 24.4. The number of phenolic OH excluding ortho intramolecular Hbond substituents is 1. The number of nitrogens with zero attached hydrogens (tertiary/aromatic N) is 1. The van der Waals surface area contributed by atoms with Gasteiger partial charge < -0.3 is 10.4 Å². The Morgan fingerprint density at radius 1 is 0.885 bits per heavy atom. The lowest BCUT2D eigenvalue weighted by Gasteiger charge is -2.11. The number of hydrogen-bond acceptors (Lipinski definition) is 3. The molecule has 3 aromatic carbocycles. The first kappa shape index (κ1) is 18.1. The molecular weight excluding hydrogens is 410 g/mol. The predicted molar refractivity (Wildman–Crippen MR) is 114 cm³/mol. The molecule has 0 aromatic heterocycles. The molecule has 0 saturated carbocycles. The Morgan fingerprint density at radius 2 is 1.58 bits per heavy atom. The van der Waals surface area contributed by atoms with E-state index in [0.29, 0.717) is 5.11 Å². The van der Waals surface area contributed by atoms with Crippen LogP contribution in [-0.4, -0.2) is 15.9 Å². The molecular formula is C20H16BrN3OS. The van der Waals surface area contributed by atoms with Gasteiger partial charge in [0.25, 0.3) is 0 Å². The molecule has 130 valence electrons. The zero-order valence-corrected chi connectivity index (χ0v) is 16.1. The minimum absolute atomic E-state index is 0.209. The number of hydrogen-bond donors (Lipinski definition) is 3. The van der Waals surface area contributed by atoms with Gasteiger partial charge in [-0.2, -0.15) is 5.10 Å². The number of halogens is 1. The average molecular weight is 426 g/mol. The first-order valence-corrected chi connectivity index (χ1v) is 9.07. The third kappa shape index (κ3) is 4.91. The highest BCUT2D eigenvalue weighted by Gasteiger charge is 2.08. The van der Waals surface area contributed by atoms with Crippen LogP contribution >= 0.6 is 28.1 Å². The van der Waals surface area contributed by atoms with Crippen molar-refractivity contribution in [3.05, 3.63) is 94.5 Å². The molecule has 3 rings (SSSR count). The molecule has 0 aliphatic carbocycles. The van der Waals surface area contributed by atoms with E-state index in [0.717, 1.165) is 27.0 Å². The average Bonchev–Trinajstić information content (AvgIpc) is 2.64. The maximum absolute atomic E-state index is 9.52. The summed E-state index contributed by atoms with van der Waals surface area (Å²) in [4.78, 5) is 0. The maximum atomic E-state index is 9.52. The zero-order chi connectivity index (χ0) is 18.4. The van der Waals surface area contributed by atoms with E-state index in [2.05, 4.69) is 31.8 Å².